The van der Waals surface area contributed by atoms with Crippen molar-refractivity contribution >= 4 is 23.1 Å². The Labute approximate surface area is 167 Å². The van der Waals surface area contributed by atoms with Gasteiger partial charge in [0.15, 0.2) is 11.3 Å². The normalized spacial score (nSPS) is 11.5. The van der Waals surface area contributed by atoms with Crippen molar-refractivity contribution in [3.05, 3.63) is 41.1 Å². The predicted octanol–water partition coefficient (Wildman–Crippen LogP) is 2.78. The van der Waals surface area contributed by atoms with E-state index in [1.54, 1.807) is 6.92 Å². The molecule has 3 rings (SSSR count). The molecule has 0 saturated heterocycles. The number of nitrogens with zero attached hydrogens (tertiary/aromatic N) is 6. The number of carbonyl (C=O) groups is 2. The fourth-order valence-corrected chi connectivity index (χ4v) is 2.74. The molecule has 30 heavy (non-hydrogen) atoms. The molecule has 13 heteroatoms. The summed E-state index contributed by atoms with van der Waals surface area (Å²) in [5.74, 6) is -1.26. The highest BCUT2D eigenvalue weighted by atomic mass is 19.3. The van der Waals surface area contributed by atoms with Gasteiger partial charge in [0.05, 0.1) is 11.9 Å². The summed E-state index contributed by atoms with van der Waals surface area (Å²) in [5.41, 5.74) is -2.14. The smallest absolute Gasteiger partial charge is 0.280 e. The molecule has 0 saturated carbocycles. The van der Waals surface area contributed by atoms with Crippen LogP contribution in [0.2, 0.25) is 0 Å². The molecule has 9 nitrogen and oxygen atoms in total. The number of anilines is 1. The maximum Gasteiger partial charge on any atom is 0.280 e. The molecule has 3 heterocycles. The Morgan fingerprint density at radius 3 is 2.43 bits per heavy atom. The lowest BCUT2D eigenvalue weighted by atomic mass is 10.3. The second-order valence-electron chi connectivity index (χ2n) is 6.38. The number of hydrogen-bond acceptors (Lipinski definition) is 5. The van der Waals surface area contributed by atoms with E-state index in [2.05, 4.69) is 20.5 Å². The van der Waals surface area contributed by atoms with E-state index in [0.29, 0.717) is 17.1 Å². The van der Waals surface area contributed by atoms with Crippen LogP contribution in [-0.2, 0) is 6.54 Å². The summed E-state index contributed by atoms with van der Waals surface area (Å²) in [6.07, 6.45) is -4.92. The van der Waals surface area contributed by atoms with Crippen molar-refractivity contribution in [2.75, 3.05) is 19.4 Å². The first-order valence-electron chi connectivity index (χ1n) is 8.69. The van der Waals surface area contributed by atoms with Crippen LogP contribution in [0.25, 0.3) is 5.65 Å². The fraction of sp³-hybridized carbons (Fsp3) is 0.353. The number of halogens is 4. The van der Waals surface area contributed by atoms with Gasteiger partial charge < -0.3 is 10.2 Å². The Kier molecular flexibility index (Phi) is 5.71. The van der Waals surface area contributed by atoms with Gasteiger partial charge in [-0.3, -0.25) is 14.3 Å². The zero-order valence-corrected chi connectivity index (χ0v) is 16.1. The highest BCUT2D eigenvalue weighted by molar-refractivity contribution is 6.07. The zero-order valence-electron chi connectivity index (χ0n) is 16.1. The van der Waals surface area contributed by atoms with E-state index in [4.69, 9.17) is 0 Å². The van der Waals surface area contributed by atoms with Crippen LogP contribution >= 0.6 is 0 Å². The van der Waals surface area contributed by atoms with Crippen LogP contribution in [0.4, 0.5) is 23.2 Å². The maximum absolute atomic E-state index is 13.3. The molecule has 0 bridgehead atoms. The molecule has 160 valence electrons. The minimum absolute atomic E-state index is 0.0907. The van der Waals surface area contributed by atoms with E-state index < -0.39 is 36.1 Å². The molecule has 2 amide bonds. The van der Waals surface area contributed by atoms with Crippen molar-refractivity contribution < 1.29 is 27.2 Å². The third-order valence-electron chi connectivity index (χ3n) is 4.15. The Morgan fingerprint density at radius 1 is 1.17 bits per heavy atom. The summed E-state index contributed by atoms with van der Waals surface area (Å²) < 4.78 is 54.5. The lowest BCUT2D eigenvalue weighted by Gasteiger charge is -2.13. The van der Waals surface area contributed by atoms with E-state index in [1.807, 2.05) is 0 Å². The highest BCUT2D eigenvalue weighted by Crippen LogP contribution is 2.26. The molecule has 3 aromatic heterocycles. The Morgan fingerprint density at radius 2 is 1.87 bits per heavy atom. The van der Waals surface area contributed by atoms with Gasteiger partial charge in [-0.25, -0.2) is 27.1 Å². The summed E-state index contributed by atoms with van der Waals surface area (Å²) in [7, 11) is 3.06. The number of fused-ring (bicyclic) bond motifs is 1. The number of amides is 2. The number of nitrogens with one attached hydrogen (secondary N) is 1. The number of hydrogen-bond donors (Lipinski definition) is 1. The average molecular weight is 427 g/mol. The third kappa shape index (κ3) is 3.82. The molecule has 3 aromatic rings. The Hall–Kier alpha value is -3.51. The lowest BCUT2D eigenvalue weighted by molar-refractivity contribution is 0.0816. The van der Waals surface area contributed by atoms with E-state index in [0.717, 1.165) is 6.07 Å². The molecule has 0 radical (unpaired) electrons. The molecular formula is C17H17F4N7O2. The van der Waals surface area contributed by atoms with Gasteiger partial charge in [-0.15, -0.1) is 0 Å². The monoisotopic (exact) mass is 427 g/mol. The third-order valence-corrected chi connectivity index (χ3v) is 4.15. The molecule has 0 aromatic carbocycles. The van der Waals surface area contributed by atoms with Gasteiger partial charge >= 0.3 is 0 Å². The summed E-state index contributed by atoms with van der Waals surface area (Å²) >= 11 is 0. The number of carbonyl (C=O) groups excluding carboxylic acids is 2. The lowest BCUT2D eigenvalue weighted by Crippen LogP contribution is -2.26. The number of aromatic nitrogens is 5. The second-order valence-corrected chi connectivity index (χ2v) is 6.38. The Bertz CT molecular complexity index is 1110. The van der Waals surface area contributed by atoms with Crippen molar-refractivity contribution in [3.8, 4) is 0 Å². The van der Waals surface area contributed by atoms with Crippen molar-refractivity contribution in [2.24, 2.45) is 0 Å². The summed E-state index contributed by atoms with van der Waals surface area (Å²) in [6, 6.07) is 1.54. The molecule has 0 atom stereocenters. The molecular weight excluding hydrogens is 410 g/mol. The van der Waals surface area contributed by atoms with Crippen LogP contribution in [0.1, 0.15) is 52.1 Å². The summed E-state index contributed by atoms with van der Waals surface area (Å²) in [5, 5.41) is 10.2. The standard InChI is InChI=1S/C17H17F4N7O2/c1-4-27-13(17(30)26(2)3)10(7-22-27)24-16(29)9-6-12-23-8(14(18)19)5-11(15(20)21)28(12)25-9/h5-7,14-15H,4H2,1-3H3,(H,24,29). The number of alkyl halides is 4. The molecule has 0 unspecified atom stereocenters. The quantitative estimate of drug-likeness (QED) is 0.610. The van der Waals surface area contributed by atoms with Crippen LogP contribution < -0.4 is 5.32 Å². The van der Waals surface area contributed by atoms with Crippen LogP contribution in [0.3, 0.4) is 0 Å². The van der Waals surface area contributed by atoms with Crippen LogP contribution in [-0.4, -0.2) is 55.2 Å². The zero-order chi connectivity index (χ0) is 22.2. The van der Waals surface area contributed by atoms with E-state index >= 15 is 0 Å². The summed E-state index contributed by atoms with van der Waals surface area (Å²) in [6.45, 7) is 2.11. The minimum atomic E-state index is -3.11. The molecule has 0 aliphatic rings. The van der Waals surface area contributed by atoms with Crippen LogP contribution in [0.5, 0.6) is 0 Å². The first kappa shape index (κ1) is 21.2. The van der Waals surface area contributed by atoms with Gasteiger partial charge in [0.1, 0.15) is 17.1 Å². The first-order valence-corrected chi connectivity index (χ1v) is 8.69. The molecule has 1 N–H and O–H groups in total. The van der Waals surface area contributed by atoms with Crippen LogP contribution in [0.15, 0.2) is 18.3 Å². The fourth-order valence-electron chi connectivity index (χ4n) is 2.74. The minimum Gasteiger partial charge on any atom is -0.343 e. The second kappa shape index (κ2) is 8.08. The summed E-state index contributed by atoms with van der Waals surface area (Å²) in [4.78, 5) is 29.9. The molecule has 0 spiro atoms. The Balaban J connectivity index is 2.00. The highest BCUT2D eigenvalue weighted by Gasteiger charge is 2.25. The van der Waals surface area contributed by atoms with E-state index in [-0.39, 0.29) is 22.7 Å². The predicted molar refractivity (Wildman–Crippen MR) is 96.8 cm³/mol. The largest absolute Gasteiger partial charge is 0.343 e. The SMILES string of the molecule is CCn1ncc(NC(=O)c2cc3nc(C(F)F)cc(C(F)F)n3n2)c1C(=O)N(C)C. The van der Waals surface area contributed by atoms with Crippen molar-refractivity contribution in [3.63, 3.8) is 0 Å². The molecule has 0 fully saturated rings. The van der Waals surface area contributed by atoms with Gasteiger partial charge in [0, 0.05) is 26.7 Å². The van der Waals surface area contributed by atoms with Gasteiger partial charge in [-0.05, 0) is 13.0 Å². The number of rotatable bonds is 6. The molecule has 0 aliphatic carbocycles. The first-order chi connectivity index (χ1) is 14.1. The van der Waals surface area contributed by atoms with Crippen molar-refractivity contribution in [1.29, 1.82) is 0 Å². The van der Waals surface area contributed by atoms with Gasteiger partial charge in [-0.1, -0.05) is 0 Å². The van der Waals surface area contributed by atoms with Crippen molar-refractivity contribution in [1.82, 2.24) is 29.3 Å². The average Bonchev–Trinajstić information content (AvgIpc) is 3.29. The van der Waals surface area contributed by atoms with E-state index in [1.165, 1.54) is 29.9 Å². The van der Waals surface area contributed by atoms with E-state index in [9.17, 15) is 27.2 Å². The van der Waals surface area contributed by atoms with Crippen LogP contribution in [0, 0.1) is 0 Å². The molecule has 0 aliphatic heterocycles. The van der Waals surface area contributed by atoms with Crippen molar-refractivity contribution in [2.45, 2.75) is 26.3 Å². The maximum atomic E-state index is 13.3. The van der Waals surface area contributed by atoms with Gasteiger partial charge in [-0.2, -0.15) is 10.2 Å². The van der Waals surface area contributed by atoms with Gasteiger partial charge in [0.25, 0.3) is 24.7 Å². The topological polar surface area (TPSA) is 97.4 Å². The van der Waals surface area contributed by atoms with Gasteiger partial charge in [0.2, 0.25) is 0 Å². The number of aryl methyl sites for hydroxylation is 1.